The summed E-state index contributed by atoms with van der Waals surface area (Å²) in [4.78, 5) is 0. The molecule has 0 aliphatic heterocycles. The van der Waals surface area contributed by atoms with Crippen molar-refractivity contribution in [3.05, 3.63) is 0 Å². The summed E-state index contributed by atoms with van der Waals surface area (Å²) in [7, 11) is 0. The van der Waals surface area contributed by atoms with E-state index in [9.17, 15) is 0 Å². The van der Waals surface area contributed by atoms with Gasteiger partial charge in [0, 0.05) is 5.54 Å². The van der Waals surface area contributed by atoms with Crippen LogP contribution in [-0.4, -0.2) is 16.8 Å². The van der Waals surface area contributed by atoms with Gasteiger partial charge in [-0.05, 0) is 82.3 Å². The van der Waals surface area contributed by atoms with Gasteiger partial charge < -0.3 is 10.1 Å². The zero-order valence-corrected chi connectivity index (χ0v) is 11.7. The minimum Gasteiger partial charge on any atom is -0.468 e. The van der Waals surface area contributed by atoms with Crippen molar-refractivity contribution in [1.82, 2.24) is 5.32 Å². The predicted molar refractivity (Wildman–Crippen MR) is 72.9 cm³/mol. The van der Waals surface area contributed by atoms with E-state index in [1.54, 1.807) is 0 Å². The van der Waals surface area contributed by atoms with E-state index in [0.717, 1.165) is 17.8 Å². The van der Waals surface area contributed by atoms with Gasteiger partial charge in [0.05, 0.1) is 6.10 Å². The second-order valence-electron chi connectivity index (χ2n) is 6.78. The maximum atomic E-state index is 5.61. The van der Waals surface area contributed by atoms with Crippen LogP contribution in [0.25, 0.3) is 0 Å². The fourth-order valence-corrected chi connectivity index (χ4v) is 5.13. The van der Waals surface area contributed by atoms with Crippen molar-refractivity contribution in [2.24, 2.45) is 17.8 Å². The summed E-state index contributed by atoms with van der Waals surface area (Å²) in [6.45, 7) is 4.07. The molecule has 4 rings (SSSR count). The van der Waals surface area contributed by atoms with Crippen LogP contribution in [0.3, 0.4) is 0 Å². The monoisotopic (exact) mass is 253 g/mol. The SMILES string of the molecule is CC(C)OC(=S)NC12CC3CC(CC(C3)C1)C2. The Morgan fingerprint density at radius 3 is 2.00 bits per heavy atom. The molecule has 4 bridgehead atoms. The molecule has 4 aliphatic carbocycles. The number of hydrogen-bond donors (Lipinski definition) is 1. The smallest absolute Gasteiger partial charge is 0.257 e. The summed E-state index contributed by atoms with van der Waals surface area (Å²) in [6.07, 6.45) is 8.56. The highest BCUT2D eigenvalue weighted by atomic mass is 32.1. The zero-order chi connectivity index (χ0) is 12.0. The van der Waals surface area contributed by atoms with Crippen molar-refractivity contribution < 1.29 is 4.74 Å². The minimum atomic E-state index is 0.184. The molecule has 96 valence electrons. The Morgan fingerprint density at radius 2 is 1.59 bits per heavy atom. The predicted octanol–water partition coefficient (Wildman–Crippen LogP) is 3.25. The third-order valence-electron chi connectivity index (χ3n) is 4.75. The molecule has 0 heterocycles. The lowest BCUT2D eigenvalue weighted by atomic mass is 9.53. The molecule has 0 radical (unpaired) electrons. The van der Waals surface area contributed by atoms with E-state index in [4.69, 9.17) is 17.0 Å². The molecule has 2 nitrogen and oxygen atoms in total. The fraction of sp³-hybridized carbons (Fsp3) is 0.929. The van der Waals surface area contributed by atoms with Crippen LogP contribution in [0.5, 0.6) is 0 Å². The van der Waals surface area contributed by atoms with Crippen LogP contribution in [0.4, 0.5) is 0 Å². The Kier molecular flexibility index (Phi) is 2.85. The van der Waals surface area contributed by atoms with Crippen LogP contribution >= 0.6 is 12.2 Å². The molecule has 0 saturated heterocycles. The minimum absolute atomic E-state index is 0.184. The lowest BCUT2D eigenvalue weighted by Crippen LogP contribution is -2.60. The first-order chi connectivity index (χ1) is 8.05. The second kappa shape index (κ2) is 4.11. The van der Waals surface area contributed by atoms with Gasteiger partial charge in [-0.25, -0.2) is 0 Å². The van der Waals surface area contributed by atoms with Crippen LogP contribution in [0.2, 0.25) is 0 Å². The molecule has 0 aromatic carbocycles. The van der Waals surface area contributed by atoms with Gasteiger partial charge in [-0.3, -0.25) is 0 Å². The highest BCUT2D eigenvalue weighted by molar-refractivity contribution is 7.80. The topological polar surface area (TPSA) is 21.3 Å². The molecule has 3 heteroatoms. The fourth-order valence-electron chi connectivity index (χ4n) is 4.72. The summed E-state index contributed by atoms with van der Waals surface area (Å²) >= 11 is 5.33. The van der Waals surface area contributed by atoms with Gasteiger partial charge in [0.1, 0.15) is 0 Å². The molecule has 0 aromatic heterocycles. The van der Waals surface area contributed by atoms with Crippen molar-refractivity contribution in [2.45, 2.75) is 64.0 Å². The number of hydrogen-bond acceptors (Lipinski definition) is 2. The van der Waals surface area contributed by atoms with E-state index in [-0.39, 0.29) is 6.10 Å². The lowest BCUT2D eigenvalue weighted by molar-refractivity contribution is -0.0133. The van der Waals surface area contributed by atoms with Crippen molar-refractivity contribution >= 4 is 17.4 Å². The highest BCUT2D eigenvalue weighted by Gasteiger charge is 2.51. The molecule has 4 aliphatic rings. The molecule has 4 fully saturated rings. The van der Waals surface area contributed by atoms with Gasteiger partial charge in [-0.2, -0.15) is 0 Å². The summed E-state index contributed by atoms with van der Waals surface area (Å²) in [5.74, 6) is 2.86. The Hall–Kier alpha value is -0.310. The van der Waals surface area contributed by atoms with Gasteiger partial charge in [0.2, 0.25) is 0 Å². The standard InChI is InChI=1S/C14H23NOS/c1-9(2)16-13(17)15-14-6-10-3-11(7-14)5-12(4-10)8-14/h9-12H,3-8H2,1-2H3,(H,15,17). The Labute approximate surface area is 109 Å². The first-order valence-corrected chi connectivity index (χ1v) is 7.44. The highest BCUT2D eigenvalue weighted by Crippen LogP contribution is 2.55. The van der Waals surface area contributed by atoms with Crippen LogP contribution in [0.15, 0.2) is 0 Å². The number of nitrogens with one attached hydrogen (secondary N) is 1. The number of ether oxygens (including phenoxy) is 1. The van der Waals surface area contributed by atoms with Crippen molar-refractivity contribution in [3.8, 4) is 0 Å². The van der Waals surface area contributed by atoms with Crippen molar-refractivity contribution in [3.63, 3.8) is 0 Å². The molecule has 0 unspecified atom stereocenters. The quantitative estimate of drug-likeness (QED) is 0.763. The van der Waals surface area contributed by atoms with Gasteiger partial charge in [0.25, 0.3) is 5.17 Å². The second-order valence-corrected chi connectivity index (χ2v) is 7.15. The number of rotatable bonds is 2. The molecule has 4 saturated carbocycles. The number of thiocarbonyl (C=S) groups is 1. The molecular weight excluding hydrogens is 230 g/mol. The first kappa shape index (κ1) is 11.8. The lowest BCUT2D eigenvalue weighted by Gasteiger charge is -2.57. The average molecular weight is 253 g/mol. The van der Waals surface area contributed by atoms with E-state index >= 15 is 0 Å². The molecule has 0 spiro atoms. The Balaban J connectivity index is 1.68. The first-order valence-electron chi connectivity index (χ1n) is 7.03. The van der Waals surface area contributed by atoms with Crippen LogP contribution in [-0.2, 0) is 4.74 Å². The Bertz CT molecular complexity index is 291. The van der Waals surface area contributed by atoms with E-state index in [1.807, 2.05) is 13.8 Å². The zero-order valence-electron chi connectivity index (χ0n) is 10.9. The van der Waals surface area contributed by atoms with Crippen LogP contribution in [0.1, 0.15) is 52.4 Å². The van der Waals surface area contributed by atoms with E-state index in [1.165, 1.54) is 38.5 Å². The van der Waals surface area contributed by atoms with E-state index in [0.29, 0.717) is 10.7 Å². The van der Waals surface area contributed by atoms with Crippen molar-refractivity contribution in [2.75, 3.05) is 0 Å². The van der Waals surface area contributed by atoms with Crippen LogP contribution in [0, 0.1) is 17.8 Å². The van der Waals surface area contributed by atoms with E-state index in [2.05, 4.69) is 5.32 Å². The maximum absolute atomic E-state index is 5.61. The normalized spacial score (nSPS) is 42.9. The van der Waals surface area contributed by atoms with Crippen LogP contribution < -0.4 is 5.32 Å². The largest absolute Gasteiger partial charge is 0.468 e. The third-order valence-corrected chi connectivity index (χ3v) is 4.95. The summed E-state index contributed by atoms with van der Waals surface area (Å²) in [5.41, 5.74) is 0.292. The molecule has 0 aromatic rings. The van der Waals surface area contributed by atoms with E-state index < -0.39 is 0 Å². The van der Waals surface area contributed by atoms with Gasteiger partial charge in [-0.1, -0.05) is 0 Å². The van der Waals surface area contributed by atoms with Gasteiger partial charge >= 0.3 is 0 Å². The average Bonchev–Trinajstić information content (AvgIpc) is 2.11. The van der Waals surface area contributed by atoms with Gasteiger partial charge in [-0.15, -0.1) is 0 Å². The third kappa shape index (κ3) is 2.31. The van der Waals surface area contributed by atoms with Gasteiger partial charge in [0.15, 0.2) is 0 Å². The Morgan fingerprint density at radius 1 is 1.12 bits per heavy atom. The van der Waals surface area contributed by atoms with Crippen molar-refractivity contribution in [1.29, 1.82) is 0 Å². The maximum Gasteiger partial charge on any atom is 0.257 e. The summed E-state index contributed by atoms with van der Waals surface area (Å²) in [5, 5.41) is 4.19. The molecule has 0 amide bonds. The molecule has 1 N–H and O–H groups in total. The summed E-state index contributed by atoms with van der Waals surface area (Å²) < 4.78 is 5.61. The summed E-state index contributed by atoms with van der Waals surface area (Å²) in [6, 6.07) is 0. The molecule has 0 atom stereocenters. The molecular formula is C14H23NOS. The molecule has 17 heavy (non-hydrogen) atoms.